The minimum Gasteiger partial charge on any atom is -0.329 e. The van der Waals surface area contributed by atoms with E-state index in [1.54, 1.807) is 0 Å². The Morgan fingerprint density at radius 2 is 2.05 bits per heavy atom. The van der Waals surface area contributed by atoms with Gasteiger partial charge in [0.1, 0.15) is 0 Å². The van der Waals surface area contributed by atoms with Crippen molar-refractivity contribution in [3.05, 3.63) is 22.4 Å². The number of likely N-dealkylation sites (N-methyl/N-ethyl adjacent to an activating group) is 1. The zero-order chi connectivity index (χ0) is 14.5. The number of thiophene rings is 1. The van der Waals surface area contributed by atoms with Gasteiger partial charge < -0.3 is 5.73 Å². The summed E-state index contributed by atoms with van der Waals surface area (Å²) in [4.78, 5) is 3.94. The van der Waals surface area contributed by atoms with Gasteiger partial charge in [0, 0.05) is 23.0 Å². The topological polar surface area (TPSA) is 29.3 Å². The van der Waals surface area contributed by atoms with E-state index < -0.39 is 0 Å². The van der Waals surface area contributed by atoms with Crippen LogP contribution in [0.15, 0.2) is 17.5 Å². The molecule has 0 fully saturated rings. The second-order valence-corrected chi connectivity index (χ2v) is 7.41. The zero-order valence-corrected chi connectivity index (χ0v) is 14.0. The van der Waals surface area contributed by atoms with Crippen molar-refractivity contribution < 1.29 is 0 Å². The van der Waals surface area contributed by atoms with Gasteiger partial charge in [0.25, 0.3) is 0 Å². The van der Waals surface area contributed by atoms with Crippen LogP contribution in [-0.4, -0.2) is 30.1 Å². The van der Waals surface area contributed by atoms with Crippen molar-refractivity contribution in [3.63, 3.8) is 0 Å². The summed E-state index contributed by atoms with van der Waals surface area (Å²) in [5, 5.41) is 2.16. The second-order valence-electron chi connectivity index (χ2n) is 6.38. The van der Waals surface area contributed by atoms with E-state index in [9.17, 15) is 0 Å². The fourth-order valence-electron chi connectivity index (χ4n) is 2.41. The highest BCUT2D eigenvalue weighted by atomic mass is 32.1. The first kappa shape index (κ1) is 16.7. The molecule has 110 valence electrons. The first-order chi connectivity index (χ1) is 8.89. The molecule has 1 rings (SSSR count). The third-order valence-electron chi connectivity index (χ3n) is 4.29. The van der Waals surface area contributed by atoms with E-state index in [0.717, 1.165) is 18.9 Å². The molecule has 0 saturated heterocycles. The molecule has 0 aromatic carbocycles. The molecule has 2 unspecified atom stereocenters. The molecule has 0 aliphatic carbocycles. The van der Waals surface area contributed by atoms with Gasteiger partial charge in [0.15, 0.2) is 0 Å². The second kappa shape index (κ2) is 7.41. The van der Waals surface area contributed by atoms with Gasteiger partial charge in [-0.2, -0.15) is 0 Å². The van der Waals surface area contributed by atoms with Crippen LogP contribution >= 0.6 is 11.3 Å². The van der Waals surface area contributed by atoms with Crippen LogP contribution in [0.5, 0.6) is 0 Å². The summed E-state index contributed by atoms with van der Waals surface area (Å²) in [7, 11) is 2.23. The highest BCUT2D eigenvalue weighted by Crippen LogP contribution is 2.25. The van der Waals surface area contributed by atoms with E-state index in [1.165, 1.54) is 17.7 Å². The zero-order valence-electron chi connectivity index (χ0n) is 13.1. The van der Waals surface area contributed by atoms with E-state index >= 15 is 0 Å². The molecule has 2 nitrogen and oxygen atoms in total. The van der Waals surface area contributed by atoms with Crippen LogP contribution in [-0.2, 0) is 6.42 Å². The lowest BCUT2D eigenvalue weighted by molar-refractivity contribution is 0.0868. The van der Waals surface area contributed by atoms with Crippen molar-refractivity contribution in [2.45, 2.75) is 58.5 Å². The largest absolute Gasteiger partial charge is 0.329 e. The van der Waals surface area contributed by atoms with Crippen LogP contribution < -0.4 is 5.73 Å². The molecule has 1 heterocycles. The van der Waals surface area contributed by atoms with Gasteiger partial charge in [-0.25, -0.2) is 0 Å². The Kier molecular flexibility index (Phi) is 6.51. The number of nitrogens with two attached hydrogens (primary N) is 1. The maximum absolute atomic E-state index is 6.07. The minimum atomic E-state index is 0.112. The Balaban J connectivity index is 2.62. The smallest absolute Gasteiger partial charge is 0.0303 e. The third kappa shape index (κ3) is 4.90. The molecule has 19 heavy (non-hydrogen) atoms. The number of hydrogen-bond acceptors (Lipinski definition) is 3. The van der Waals surface area contributed by atoms with Gasteiger partial charge >= 0.3 is 0 Å². The highest BCUT2D eigenvalue weighted by Gasteiger charge is 2.30. The molecule has 1 aromatic heterocycles. The quantitative estimate of drug-likeness (QED) is 0.786. The molecule has 2 N–H and O–H groups in total. The summed E-state index contributed by atoms with van der Waals surface area (Å²) < 4.78 is 0. The molecule has 3 heteroatoms. The minimum absolute atomic E-state index is 0.112. The van der Waals surface area contributed by atoms with Gasteiger partial charge in [0.2, 0.25) is 0 Å². The van der Waals surface area contributed by atoms with Gasteiger partial charge in [0.05, 0.1) is 0 Å². The van der Waals surface area contributed by atoms with Gasteiger partial charge in [-0.15, -0.1) is 11.3 Å². The summed E-state index contributed by atoms with van der Waals surface area (Å²) in [6.07, 6.45) is 3.53. The van der Waals surface area contributed by atoms with Gasteiger partial charge in [-0.05, 0) is 57.5 Å². The molecule has 0 spiro atoms. The van der Waals surface area contributed by atoms with Gasteiger partial charge in [-0.1, -0.05) is 19.9 Å². The summed E-state index contributed by atoms with van der Waals surface area (Å²) >= 11 is 1.85. The van der Waals surface area contributed by atoms with Crippen LogP contribution in [0.4, 0.5) is 0 Å². The lowest BCUT2D eigenvalue weighted by atomic mass is 9.89. The van der Waals surface area contributed by atoms with Crippen LogP contribution in [0.2, 0.25) is 0 Å². The molecule has 0 bridgehead atoms. The van der Waals surface area contributed by atoms with E-state index in [-0.39, 0.29) is 5.54 Å². The van der Waals surface area contributed by atoms with E-state index in [2.05, 4.69) is 57.2 Å². The lowest BCUT2D eigenvalue weighted by Crippen LogP contribution is -2.53. The average Bonchev–Trinajstić information content (AvgIpc) is 2.87. The predicted molar refractivity (Wildman–Crippen MR) is 86.8 cm³/mol. The first-order valence-electron chi connectivity index (χ1n) is 7.34. The van der Waals surface area contributed by atoms with E-state index in [1.807, 2.05) is 11.3 Å². The third-order valence-corrected chi connectivity index (χ3v) is 5.19. The van der Waals surface area contributed by atoms with Crippen LogP contribution in [0.1, 0.15) is 45.4 Å². The SMILES string of the molecule is CC(C)CCC(C)(CN)N(C)C(C)Cc1cccs1. The standard InChI is InChI=1S/C16H30N2S/c1-13(2)8-9-16(4,12-17)18(5)14(3)11-15-7-6-10-19-15/h6-7,10,13-14H,8-9,11-12,17H2,1-5H3. The fourth-order valence-corrected chi connectivity index (χ4v) is 3.24. The van der Waals surface area contributed by atoms with Crippen LogP contribution in [0.25, 0.3) is 0 Å². The van der Waals surface area contributed by atoms with Crippen molar-refractivity contribution in [1.82, 2.24) is 4.90 Å². The molecular formula is C16H30N2S. The Bertz CT molecular complexity index is 348. The summed E-state index contributed by atoms with van der Waals surface area (Å²) in [5.41, 5.74) is 6.18. The highest BCUT2D eigenvalue weighted by molar-refractivity contribution is 7.09. The Morgan fingerprint density at radius 3 is 2.53 bits per heavy atom. The monoisotopic (exact) mass is 282 g/mol. The summed E-state index contributed by atoms with van der Waals surface area (Å²) in [6.45, 7) is 9.91. The number of nitrogens with zero attached hydrogens (tertiary/aromatic N) is 1. The summed E-state index contributed by atoms with van der Waals surface area (Å²) in [5.74, 6) is 0.742. The van der Waals surface area contributed by atoms with E-state index in [4.69, 9.17) is 5.73 Å². The fraction of sp³-hybridized carbons (Fsp3) is 0.750. The van der Waals surface area contributed by atoms with Crippen molar-refractivity contribution in [3.8, 4) is 0 Å². The Labute approximate surface area is 123 Å². The van der Waals surface area contributed by atoms with Crippen molar-refractivity contribution >= 4 is 11.3 Å². The Morgan fingerprint density at radius 1 is 1.37 bits per heavy atom. The van der Waals surface area contributed by atoms with Crippen molar-refractivity contribution in [2.24, 2.45) is 11.7 Å². The molecule has 0 aliphatic heterocycles. The average molecular weight is 282 g/mol. The van der Waals surface area contributed by atoms with Gasteiger partial charge in [-0.3, -0.25) is 4.90 Å². The predicted octanol–water partition coefficient (Wildman–Crippen LogP) is 3.76. The maximum Gasteiger partial charge on any atom is 0.0303 e. The van der Waals surface area contributed by atoms with Crippen LogP contribution in [0.3, 0.4) is 0 Å². The lowest BCUT2D eigenvalue weighted by Gasteiger charge is -2.42. The normalized spacial score (nSPS) is 16.8. The molecule has 0 saturated carbocycles. The molecule has 2 atom stereocenters. The van der Waals surface area contributed by atoms with Crippen molar-refractivity contribution in [2.75, 3.05) is 13.6 Å². The molecule has 0 amide bonds. The first-order valence-corrected chi connectivity index (χ1v) is 8.22. The number of hydrogen-bond donors (Lipinski definition) is 1. The number of rotatable bonds is 8. The van der Waals surface area contributed by atoms with Crippen LogP contribution in [0, 0.1) is 5.92 Å². The maximum atomic E-state index is 6.07. The Hall–Kier alpha value is -0.380. The van der Waals surface area contributed by atoms with E-state index in [0.29, 0.717) is 6.04 Å². The molecule has 1 aromatic rings. The summed E-state index contributed by atoms with van der Waals surface area (Å²) in [6, 6.07) is 4.88. The van der Waals surface area contributed by atoms with Crippen molar-refractivity contribution in [1.29, 1.82) is 0 Å². The molecule has 0 radical (unpaired) electrons. The molecular weight excluding hydrogens is 252 g/mol. The molecule has 0 aliphatic rings.